The molecule has 0 radical (unpaired) electrons. The van der Waals surface area contributed by atoms with Crippen molar-refractivity contribution in [3.8, 4) is 5.82 Å². The van der Waals surface area contributed by atoms with E-state index < -0.39 is 15.8 Å². The van der Waals surface area contributed by atoms with Crippen molar-refractivity contribution in [2.45, 2.75) is 12.7 Å². The third-order valence-corrected chi connectivity index (χ3v) is 4.97. The lowest BCUT2D eigenvalue weighted by atomic mass is 10.2. The molecule has 2 N–H and O–H groups in total. The zero-order chi connectivity index (χ0) is 19.3. The van der Waals surface area contributed by atoms with Gasteiger partial charge in [-0.3, -0.25) is 0 Å². The smallest absolute Gasteiger partial charge is 0.215 e. The molecule has 0 bridgehead atoms. The van der Waals surface area contributed by atoms with Crippen molar-refractivity contribution in [3.05, 3.63) is 66.0 Å². The molecule has 0 aliphatic heterocycles. The number of sulfonamides is 1. The third-order valence-electron chi connectivity index (χ3n) is 3.61. The normalized spacial score (nSPS) is 11.5. The van der Waals surface area contributed by atoms with Crippen LogP contribution in [0.2, 0.25) is 0 Å². The van der Waals surface area contributed by atoms with Gasteiger partial charge in [0.15, 0.2) is 5.82 Å². The van der Waals surface area contributed by atoms with E-state index in [2.05, 4.69) is 25.1 Å². The fourth-order valence-electron chi connectivity index (χ4n) is 2.41. The highest BCUT2D eigenvalue weighted by atomic mass is 32.2. The lowest BCUT2D eigenvalue weighted by Gasteiger charge is -2.09. The molecule has 0 saturated carbocycles. The summed E-state index contributed by atoms with van der Waals surface area (Å²) in [5.74, 6) is 0.419. The van der Waals surface area contributed by atoms with E-state index in [-0.39, 0.29) is 12.3 Å². The number of aryl methyl sites for hydroxylation is 1. The van der Waals surface area contributed by atoms with Crippen molar-refractivity contribution in [2.75, 3.05) is 18.4 Å². The van der Waals surface area contributed by atoms with Crippen LogP contribution >= 0.6 is 0 Å². The molecule has 0 atom stereocenters. The van der Waals surface area contributed by atoms with Crippen LogP contribution in [0.5, 0.6) is 0 Å². The third kappa shape index (κ3) is 5.56. The van der Waals surface area contributed by atoms with Crippen LogP contribution in [-0.2, 0) is 15.8 Å². The number of aromatic nitrogens is 4. The molecular weight excluding hydrogens is 371 g/mol. The Balaban J connectivity index is 1.51. The van der Waals surface area contributed by atoms with Gasteiger partial charge in [0.1, 0.15) is 18.0 Å². The van der Waals surface area contributed by atoms with Crippen LogP contribution in [0.15, 0.2) is 48.9 Å². The summed E-state index contributed by atoms with van der Waals surface area (Å²) in [6, 6.07) is 9.11. The van der Waals surface area contributed by atoms with E-state index in [1.54, 1.807) is 23.0 Å². The molecule has 0 aliphatic rings. The standard InChI is InChI=1S/C17H19FN6O2S/c1-13-5-8-24(23-13)17-10-16(20-12-21-17)19-6-7-22-27(25,26)11-14-3-2-4-15(18)9-14/h2-5,8-10,12,22H,6-7,11H2,1H3,(H,19,20,21). The quantitative estimate of drug-likeness (QED) is 0.567. The molecule has 0 spiro atoms. The molecule has 8 nitrogen and oxygen atoms in total. The van der Waals surface area contributed by atoms with Crippen molar-refractivity contribution in [3.63, 3.8) is 0 Å². The number of benzene rings is 1. The van der Waals surface area contributed by atoms with Gasteiger partial charge in [0, 0.05) is 25.4 Å². The number of hydrogen-bond donors (Lipinski definition) is 2. The lowest BCUT2D eigenvalue weighted by Crippen LogP contribution is -2.30. The summed E-state index contributed by atoms with van der Waals surface area (Å²) >= 11 is 0. The molecule has 0 unspecified atom stereocenters. The van der Waals surface area contributed by atoms with E-state index in [1.165, 1.54) is 24.5 Å². The summed E-state index contributed by atoms with van der Waals surface area (Å²) in [6.07, 6.45) is 3.20. The molecule has 3 aromatic rings. The molecular formula is C17H19FN6O2S. The van der Waals surface area contributed by atoms with Gasteiger partial charge in [0.2, 0.25) is 10.0 Å². The second-order valence-corrected chi connectivity index (χ2v) is 7.68. The molecule has 0 amide bonds. The largest absolute Gasteiger partial charge is 0.369 e. The van der Waals surface area contributed by atoms with Gasteiger partial charge in [0.25, 0.3) is 0 Å². The van der Waals surface area contributed by atoms with Gasteiger partial charge in [-0.05, 0) is 30.7 Å². The van der Waals surface area contributed by atoms with Crippen LogP contribution in [0.25, 0.3) is 5.82 Å². The average molecular weight is 390 g/mol. The number of halogens is 1. The van der Waals surface area contributed by atoms with Gasteiger partial charge >= 0.3 is 0 Å². The first-order chi connectivity index (χ1) is 12.9. The Morgan fingerprint density at radius 1 is 1.15 bits per heavy atom. The van der Waals surface area contributed by atoms with E-state index in [1.807, 2.05) is 13.0 Å². The van der Waals surface area contributed by atoms with E-state index in [4.69, 9.17) is 0 Å². The van der Waals surface area contributed by atoms with Crippen molar-refractivity contribution in [1.29, 1.82) is 0 Å². The molecule has 3 rings (SSSR count). The summed E-state index contributed by atoms with van der Waals surface area (Å²) in [5.41, 5.74) is 1.27. The minimum Gasteiger partial charge on any atom is -0.369 e. The second-order valence-electron chi connectivity index (χ2n) is 5.87. The van der Waals surface area contributed by atoms with E-state index in [9.17, 15) is 12.8 Å². The average Bonchev–Trinajstić information content (AvgIpc) is 3.05. The minimum absolute atomic E-state index is 0.165. The fourth-order valence-corrected chi connectivity index (χ4v) is 3.54. The summed E-state index contributed by atoms with van der Waals surface area (Å²) in [6.45, 7) is 2.38. The molecule has 10 heteroatoms. The highest BCUT2D eigenvalue weighted by molar-refractivity contribution is 7.88. The highest BCUT2D eigenvalue weighted by Crippen LogP contribution is 2.09. The first kappa shape index (κ1) is 18.9. The first-order valence-corrected chi connectivity index (χ1v) is 9.87. The zero-order valence-electron chi connectivity index (χ0n) is 14.6. The van der Waals surface area contributed by atoms with Gasteiger partial charge in [-0.15, -0.1) is 0 Å². The summed E-state index contributed by atoms with van der Waals surface area (Å²) < 4.78 is 41.4. The zero-order valence-corrected chi connectivity index (χ0v) is 15.4. The maximum Gasteiger partial charge on any atom is 0.215 e. The molecule has 27 heavy (non-hydrogen) atoms. The lowest BCUT2D eigenvalue weighted by molar-refractivity contribution is 0.581. The Bertz CT molecular complexity index is 1020. The van der Waals surface area contributed by atoms with Crippen LogP contribution < -0.4 is 10.0 Å². The molecule has 2 aromatic heterocycles. The summed E-state index contributed by atoms with van der Waals surface area (Å²) in [5, 5.41) is 7.31. The molecule has 0 aliphatic carbocycles. The SMILES string of the molecule is Cc1ccn(-c2cc(NCCNS(=O)(=O)Cc3cccc(F)c3)ncn2)n1. The number of nitrogens with zero attached hydrogens (tertiary/aromatic N) is 4. The molecule has 142 valence electrons. The van der Waals surface area contributed by atoms with E-state index in [0.717, 1.165) is 5.69 Å². The van der Waals surface area contributed by atoms with Crippen molar-refractivity contribution >= 4 is 15.8 Å². The van der Waals surface area contributed by atoms with Crippen molar-refractivity contribution in [2.24, 2.45) is 0 Å². The minimum atomic E-state index is -3.56. The van der Waals surface area contributed by atoms with E-state index in [0.29, 0.717) is 23.7 Å². The maximum atomic E-state index is 13.1. The molecule has 1 aromatic carbocycles. The van der Waals surface area contributed by atoms with Crippen molar-refractivity contribution < 1.29 is 12.8 Å². The van der Waals surface area contributed by atoms with Crippen molar-refractivity contribution in [1.82, 2.24) is 24.5 Å². The molecule has 0 saturated heterocycles. The van der Waals surface area contributed by atoms with Crippen LogP contribution in [0.4, 0.5) is 10.2 Å². The predicted octanol–water partition coefficient (Wildman–Crippen LogP) is 1.64. The number of nitrogens with one attached hydrogen (secondary N) is 2. The Morgan fingerprint density at radius 3 is 2.74 bits per heavy atom. The highest BCUT2D eigenvalue weighted by Gasteiger charge is 2.11. The van der Waals surface area contributed by atoms with Gasteiger partial charge in [-0.1, -0.05) is 12.1 Å². The Hall–Kier alpha value is -2.85. The number of hydrogen-bond acceptors (Lipinski definition) is 6. The number of anilines is 1. The Labute approximate surface area is 156 Å². The molecule has 0 fully saturated rings. The summed E-state index contributed by atoms with van der Waals surface area (Å²) in [7, 11) is -3.56. The number of rotatable bonds is 8. The maximum absolute atomic E-state index is 13.1. The van der Waals surface area contributed by atoms with Gasteiger partial charge in [0.05, 0.1) is 11.4 Å². The van der Waals surface area contributed by atoms with Crippen LogP contribution in [0, 0.1) is 12.7 Å². The molecule has 2 heterocycles. The predicted molar refractivity (Wildman–Crippen MR) is 99.4 cm³/mol. The first-order valence-electron chi connectivity index (χ1n) is 8.22. The van der Waals surface area contributed by atoms with Gasteiger partial charge in [-0.2, -0.15) is 5.10 Å². The summed E-state index contributed by atoms with van der Waals surface area (Å²) in [4.78, 5) is 8.25. The fraction of sp³-hybridized carbons (Fsp3) is 0.235. The Kier molecular flexibility index (Phi) is 5.77. The monoisotopic (exact) mass is 390 g/mol. The van der Waals surface area contributed by atoms with Crippen LogP contribution in [0.1, 0.15) is 11.3 Å². The Morgan fingerprint density at radius 2 is 2.00 bits per heavy atom. The topological polar surface area (TPSA) is 102 Å². The van der Waals surface area contributed by atoms with Gasteiger partial charge < -0.3 is 5.32 Å². The van der Waals surface area contributed by atoms with Crippen LogP contribution in [0.3, 0.4) is 0 Å². The van der Waals surface area contributed by atoms with E-state index >= 15 is 0 Å². The second kappa shape index (κ2) is 8.23. The van der Waals surface area contributed by atoms with Gasteiger partial charge in [-0.25, -0.2) is 32.2 Å². The van der Waals surface area contributed by atoms with Crippen LogP contribution in [-0.4, -0.2) is 41.3 Å².